The lowest BCUT2D eigenvalue weighted by Gasteiger charge is -2.09. The summed E-state index contributed by atoms with van der Waals surface area (Å²) in [6.07, 6.45) is 0.495. The van der Waals surface area contributed by atoms with E-state index in [2.05, 4.69) is 10.6 Å². The molecule has 1 aliphatic rings. The fourth-order valence-electron chi connectivity index (χ4n) is 1.80. The van der Waals surface area contributed by atoms with Gasteiger partial charge in [-0.3, -0.25) is 4.79 Å². The van der Waals surface area contributed by atoms with Crippen LogP contribution in [-0.2, 0) is 11.3 Å². The molecule has 1 aromatic heterocycles. The minimum Gasteiger partial charge on any atom is -0.477 e. The van der Waals surface area contributed by atoms with Crippen molar-refractivity contribution in [2.24, 2.45) is 0 Å². The third-order valence-electron chi connectivity index (χ3n) is 2.79. The highest BCUT2D eigenvalue weighted by Gasteiger charge is 2.21. The Morgan fingerprint density at radius 2 is 2.47 bits per heavy atom. The SMILES string of the molecule is Cc1sc(C(=O)O)cc1CNC1CNC(=O)C1. The van der Waals surface area contributed by atoms with Gasteiger partial charge >= 0.3 is 5.97 Å². The van der Waals surface area contributed by atoms with Crippen LogP contribution in [0.2, 0.25) is 0 Å². The van der Waals surface area contributed by atoms with Crippen LogP contribution in [0, 0.1) is 6.92 Å². The van der Waals surface area contributed by atoms with Crippen LogP contribution >= 0.6 is 11.3 Å². The van der Waals surface area contributed by atoms with Gasteiger partial charge in [-0.15, -0.1) is 11.3 Å². The third kappa shape index (κ3) is 2.83. The number of rotatable bonds is 4. The number of thiophene rings is 1. The number of carbonyl (C=O) groups is 2. The van der Waals surface area contributed by atoms with Crippen molar-refractivity contribution in [3.63, 3.8) is 0 Å². The zero-order valence-corrected chi connectivity index (χ0v) is 10.3. The zero-order valence-electron chi connectivity index (χ0n) is 9.45. The number of aryl methyl sites for hydroxylation is 1. The second-order valence-electron chi connectivity index (χ2n) is 4.08. The number of aromatic carboxylic acids is 1. The molecule has 17 heavy (non-hydrogen) atoms. The van der Waals surface area contributed by atoms with E-state index in [0.717, 1.165) is 10.4 Å². The van der Waals surface area contributed by atoms with E-state index in [9.17, 15) is 9.59 Å². The van der Waals surface area contributed by atoms with Crippen molar-refractivity contribution in [1.82, 2.24) is 10.6 Å². The van der Waals surface area contributed by atoms with Crippen molar-refractivity contribution in [1.29, 1.82) is 0 Å². The highest BCUT2D eigenvalue weighted by molar-refractivity contribution is 7.14. The van der Waals surface area contributed by atoms with Gasteiger partial charge in [0.05, 0.1) is 0 Å². The Balaban J connectivity index is 1.94. The molecule has 2 rings (SSSR count). The average molecular weight is 254 g/mol. The van der Waals surface area contributed by atoms with Gasteiger partial charge in [0, 0.05) is 30.4 Å². The lowest BCUT2D eigenvalue weighted by atomic mass is 10.2. The Bertz CT molecular complexity index is 456. The molecule has 1 fully saturated rings. The quantitative estimate of drug-likeness (QED) is 0.740. The molecule has 92 valence electrons. The number of amides is 1. The first-order valence-corrected chi connectivity index (χ1v) is 6.20. The number of nitrogens with one attached hydrogen (secondary N) is 2. The number of carboxylic acid groups (broad SMARTS) is 1. The monoisotopic (exact) mass is 254 g/mol. The molecule has 3 N–H and O–H groups in total. The summed E-state index contributed by atoms with van der Waals surface area (Å²) in [5.74, 6) is -0.821. The Hall–Kier alpha value is -1.40. The lowest BCUT2D eigenvalue weighted by molar-refractivity contribution is -0.119. The predicted molar refractivity (Wildman–Crippen MR) is 64.3 cm³/mol. The summed E-state index contributed by atoms with van der Waals surface area (Å²) in [5, 5.41) is 14.9. The maximum atomic E-state index is 11.0. The highest BCUT2D eigenvalue weighted by Crippen LogP contribution is 2.21. The van der Waals surface area contributed by atoms with Gasteiger partial charge in [0.15, 0.2) is 0 Å². The maximum absolute atomic E-state index is 11.0. The molecule has 0 aromatic carbocycles. The van der Waals surface area contributed by atoms with Crippen LogP contribution in [0.1, 0.15) is 26.5 Å². The van der Waals surface area contributed by atoms with E-state index >= 15 is 0 Å². The van der Waals surface area contributed by atoms with Gasteiger partial charge in [-0.2, -0.15) is 0 Å². The molecule has 0 radical (unpaired) electrons. The Morgan fingerprint density at radius 3 is 3.00 bits per heavy atom. The Kier molecular flexibility index (Phi) is 3.44. The van der Waals surface area contributed by atoms with E-state index in [-0.39, 0.29) is 11.9 Å². The van der Waals surface area contributed by atoms with E-state index < -0.39 is 5.97 Å². The summed E-state index contributed by atoms with van der Waals surface area (Å²) < 4.78 is 0. The maximum Gasteiger partial charge on any atom is 0.345 e. The van der Waals surface area contributed by atoms with E-state index in [0.29, 0.717) is 24.4 Å². The second kappa shape index (κ2) is 4.85. The molecular formula is C11H14N2O3S. The van der Waals surface area contributed by atoms with Crippen molar-refractivity contribution in [3.05, 3.63) is 21.4 Å². The number of hydrogen-bond donors (Lipinski definition) is 3. The smallest absolute Gasteiger partial charge is 0.345 e. The fraction of sp³-hybridized carbons (Fsp3) is 0.455. The number of carbonyl (C=O) groups excluding carboxylic acids is 1. The summed E-state index contributed by atoms with van der Waals surface area (Å²) in [4.78, 5) is 23.2. The van der Waals surface area contributed by atoms with Crippen LogP contribution in [0.5, 0.6) is 0 Å². The zero-order chi connectivity index (χ0) is 12.4. The van der Waals surface area contributed by atoms with Crippen molar-refractivity contribution in [2.45, 2.75) is 25.9 Å². The highest BCUT2D eigenvalue weighted by atomic mass is 32.1. The molecule has 0 bridgehead atoms. The van der Waals surface area contributed by atoms with Gasteiger partial charge in [0.25, 0.3) is 0 Å². The summed E-state index contributed by atoms with van der Waals surface area (Å²) in [7, 11) is 0. The van der Waals surface area contributed by atoms with Crippen LogP contribution in [-0.4, -0.2) is 29.6 Å². The van der Waals surface area contributed by atoms with Crippen LogP contribution in [0.15, 0.2) is 6.07 Å². The Labute approximate surface area is 103 Å². The molecule has 6 heteroatoms. The van der Waals surface area contributed by atoms with E-state index in [1.54, 1.807) is 6.07 Å². The minimum absolute atomic E-state index is 0.0655. The van der Waals surface area contributed by atoms with Gasteiger partial charge in [0.2, 0.25) is 5.91 Å². The first kappa shape index (κ1) is 12.1. The molecule has 0 aliphatic carbocycles. The predicted octanol–water partition coefficient (Wildman–Crippen LogP) is 0.733. The minimum atomic E-state index is -0.887. The molecule has 2 heterocycles. The lowest BCUT2D eigenvalue weighted by Crippen LogP contribution is -2.30. The van der Waals surface area contributed by atoms with Gasteiger partial charge in [-0.25, -0.2) is 4.79 Å². The van der Waals surface area contributed by atoms with Gasteiger partial charge in [-0.05, 0) is 18.6 Å². The molecule has 0 spiro atoms. The number of carboxylic acids is 1. The van der Waals surface area contributed by atoms with E-state index in [1.807, 2.05) is 6.92 Å². The molecule has 1 aromatic rings. The Morgan fingerprint density at radius 1 is 1.71 bits per heavy atom. The largest absolute Gasteiger partial charge is 0.477 e. The summed E-state index contributed by atoms with van der Waals surface area (Å²) in [6.45, 7) is 3.16. The van der Waals surface area contributed by atoms with Gasteiger partial charge < -0.3 is 15.7 Å². The molecule has 1 saturated heterocycles. The summed E-state index contributed by atoms with van der Waals surface area (Å²) in [5.41, 5.74) is 0.992. The van der Waals surface area contributed by atoms with Crippen LogP contribution in [0.4, 0.5) is 0 Å². The van der Waals surface area contributed by atoms with Crippen molar-refractivity contribution < 1.29 is 14.7 Å². The van der Waals surface area contributed by atoms with Crippen LogP contribution < -0.4 is 10.6 Å². The molecule has 1 atom stereocenters. The van der Waals surface area contributed by atoms with Crippen LogP contribution in [0.25, 0.3) is 0 Å². The summed E-state index contributed by atoms with van der Waals surface area (Å²) in [6, 6.07) is 1.84. The normalized spacial score (nSPS) is 19.4. The third-order valence-corrected chi connectivity index (χ3v) is 3.87. The standard InChI is InChI=1S/C11H14N2O3S/c1-6-7(2-9(17-6)11(15)16)4-12-8-3-10(14)13-5-8/h2,8,12H,3-5H2,1H3,(H,13,14)(H,15,16). The van der Waals surface area contributed by atoms with Gasteiger partial charge in [0.1, 0.15) is 4.88 Å². The van der Waals surface area contributed by atoms with E-state index in [4.69, 9.17) is 5.11 Å². The fourth-order valence-corrected chi connectivity index (χ4v) is 2.69. The number of hydrogen-bond acceptors (Lipinski definition) is 4. The molecule has 1 amide bonds. The van der Waals surface area contributed by atoms with Gasteiger partial charge in [-0.1, -0.05) is 0 Å². The molecule has 1 aliphatic heterocycles. The second-order valence-corrected chi connectivity index (χ2v) is 5.34. The first-order valence-electron chi connectivity index (χ1n) is 5.39. The van der Waals surface area contributed by atoms with Crippen molar-refractivity contribution in [3.8, 4) is 0 Å². The molecule has 0 saturated carbocycles. The average Bonchev–Trinajstić information content (AvgIpc) is 2.82. The first-order chi connectivity index (χ1) is 8.06. The topological polar surface area (TPSA) is 78.4 Å². The van der Waals surface area contributed by atoms with E-state index in [1.165, 1.54) is 11.3 Å². The van der Waals surface area contributed by atoms with Crippen molar-refractivity contribution in [2.75, 3.05) is 6.54 Å². The van der Waals surface area contributed by atoms with Crippen molar-refractivity contribution >= 4 is 23.2 Å². The molecular weight excluding hydrogens is 240 g/mol. The molecule has 5 nitrogen and oxygen atoms in total. The van der Waals surface area contributed by atoms with Crippen LogP contribution in [0.3, 0.4) is 0 Å². The molecule has 1 unspecified atom stereocenters. The summed E-state index contributed by atoms with van der Waals surface area (Å²) >= 11 is 1.28.